The van der Waals surface area contributed by atoms with E-state index in [4.69, 9.17) is 4.74 Å². The Kier molecular flexibility index (Phi) is 6.55. The maximum absolute atomic E-state index is 12.8. The smallest absolute Gasteiger partial charge is 0.223 e. The van der Waals surface area contributed by atoms with Gasteiger partial charge in [0.05, 0.1) is 5.52 Å². The Morgan fingerprint density at radius 1 is 0.892 bits per heavy atom. The van der Waals surface area contributed by atoms with Gasteiger partial charge in [0.2, 0.25) is 5.91 Å². The summed E-state index contributed by atoms with van der Waals surface area (Å²) in [6.07, 6.45) is 0.611. The second-order valence-corrected chi connectivity index (χ2v) is 9.88. The summed E-state index contributed by atoms with van der Waals surface area (Å²) in [6.45, 7) is 3.64. The number of benzene rings is 3. The van der Waals surface area contributed by atoms with Crippen LogP contribution in [-0.2, 0) is 11.2 Å². The number of β-amino-alcohol motifs (C(OH)–C–C–N with tert-alkyl or cyclic N) is 1. The summed E-state index contributed by atoms with van der Waals surface area (Å²) in [5, 5.41) is 14.0. The van der Waals surface area contributed by atoms with Gasteiger partial charge >= 0.3 is 0 Å². The summed E-state index contributed by atoms with van der Waals surface area (Å²) in [5.41, 5.74) is 4.31. The van der Waals surface area contributed by atoms with Crippen molar-refractivity contribution in [2.24, 2.45) is 0 Å². The van der Waals surface area contributed by atoms with Crippen LogP contribution in [0.4, 0.5) is 0 Å². The van der Waals surface area contributed by atoms with Crippen molar-refractivity contribution < 1.29 is 14.6 Å². The number of aromatic amines is 2. The summed E-state index contributed by atoms with van der Waals surface area (Å²) < 4.78 is 6.08. The van der Waals surface area contributed by atoms with Crippen molar-refractivity contribution in [3.63, 3.8) is 0 Å². The van der Waals surface area contributed by atoms with Crippen LogP contribution in [0.1, 0.15) is 12.1 Å². The molecule has 1 saturated heterocycles. The van der Waals surface area contributed by atoms with E-state index in [0.717, 1.165) is 51.9 Å². The van der Waals surface area contributed by atoms with Crippen LogP contribution in [-0.4, -0.2) is 76.2 Å². The first kappa shape index (κ1) is 23.6. The molecular weight excluding hydrogens is 464 g/mol. The topological polar surface area (TPSA) is 84.6 Å². The molecule has 5 aromatic rings. The van der Waals surface area contributed by atoms with Gasteiger partial charge in [0, 0.05) is 66.6 Å². The molecule has 0 aliphatic carbocycles. The Morgan fingerprint density at radius 2 is 1.65 bits per heavy atom. The lowest BCUT2D eigenvalue weighted by Gasteiger charge is -2.35. The number of amides is 1. The van der Waals surface area contributed by atoms with Gasteiger partial charge in [-0.2, -0.15) is 0 Å². The molecule has 3 aromatic carbocycles. The lowest BCUT2D eigenvalue weighted by molar-refractivity contribution is -0.133. The maximum atomic E-state index is 12.8. The minimum Gasteiger partial charge on any atom is -0.490 e. The lowest BCUT2D eigenvalue weighted by atomic mass is 10.1. The average Bonchev–Trinajstić information content (AvgIpc) is 3.52. The number of carbonyl (C=O) groups excluding carboxylic acids is 1. The van der Waals surface area contributed by atoms with Crippen molar-refractivity contribution in [1.82, 2.24) is 19.8 Å². The third kappa shape index (κ3) is 5.05. The van der Waals surface area contributed by atoms with Gasteiger partial charge < -0.3 is 24.7 Å². The molecule has 0 bridgehead atoms. The zero-order valence-corrected chi connectivity index (χ0v) is 20.8. The van der Waals surface area contributed by atoms with Crippen molar-refractivity contribution >= 4 is 38.6 Å². The van der Waals surface area contributed by atoms with E-state index in [2.05, 4.69) is 45.2 Å². The molecule has 7 nitrogen and oxygen atoms in total. The van der Waals surface area contributed by atoms with Crippen LogP contribution in [0.2, 0.25) is 0 Å². The fourth-order valence-electron chi connectivity index (χ4n) is 5.37. The average molecular weight is 497 g/mol. The number of carbonyl (C=O) groups is 1. The summed E-state index contributed by atoms with van der Waals surface area (Å²) in [6, 6.07) is 24.4. The molecule has 3 heterocycles. The quantitative estimate of drug-likeness (QED) is 0.299. The van der Waals surface area contributed by atoms with Gasteiger partial charge in [0.25, 0.3) is 0 Å². The minimum absolute atomic E-state index is 0.189. The minimum atomic E-state index is -0.607. The number of piperazine rings is 1. The molecule has 0 spiro atoms. The van der Waals surface area contributed by atoms with Crippen LogP contribution in [0.15, 0.2) is 72.8 Å². The second-order valence-electron chi connectivity index (χ2n) is 9.88. The zero-order chi connectivity index (χ0) is 25.2. The molecule has 2 aromatic heterocycles. The first-order chi connectivity index (χ1) is 18.1. The summed E-state index contributed by atoms with van der Waals surface area (Å²) in [5.74, 6) is 0.966. The summed E-state index contributed by atoms with van der Waals surface area (Å²) in [4.78, 5) is 23.8. The highest BCUT2D eigenvalue weighted by atomic mass is 16.5. The molecular formula is C30H32N4O3. The van der Waals surface area contributed by atoms with Crippen molar-refractivity contribution in [2.45, 2.75) is 18.9 Å². The van der Waals surface area contributed by atoms with Crippen LogP contribution in [0.25, 0.3) is 32.7 Å². The van der Waals surface area contributed by atoms with Gasteiger partial charge in [0.15, 0.2) is 0 Å². The zero-order valence-electron chi connectivity index (χ0n) is 20.8. The molecule has 1 fully saturated rings. The van der Waals surface area contributed by atoms with Gasteiger partial charge in [-0.05, 0) is 42.1 Å². The molecule has 6 rings (SSSR count). The standard InChI is InChI=1S/C30H32N4O3/c35-23(20-37-28-11-5-10-27-30(28)24-7-2-4-9-26(24)32-27)19-33-14-16-34(17-15-33)29(36)13-12-22-18-21-6-1-3-8-25(21)31-22/h1-11,18,23,31-32,35H,12-17,19-20H2. The molecule has 190 valence electrons. The highest BCUT2D eigenvalue weighted by molar-refractivity contribution is 6.10. The van der Waals surface area contributed by atoms with Crippen LogP contribution >= 0.6 is 0 Å². The van der Waals surface area contributed by atoms with Gasteiger partial charge in [-0.3, -0.25) is 9.69 Å². The molecule has 7 heteroatoms. The lowest BCUT2D eigenvalue weighted by Crippen LogP contribution is -2.51. The monoisotopic (exact) mass is 496 g/mol. The Hall–Kier alpha value is -3.81. The molecule has 0 saturated carbocycles. The van der Waals surface area contributed by atoms with Crippen LogP contribution in [0.3, 0.4) is 0 Å². The third-order valence-corrected chi connectivity index (χ3v) is 7.31. The molecule has 1 atom stereocenters. The van der Waals surface area contributed by atoms with E-state index >= 15 is 0 Å². The normalized spacial score (nSPS) is 15.5. The molecule has 1 amide bonds. The largest absolute Gasteiger partial charge is 0.490 e. The van der Waals surface area contributed by atoms with E-state index in [1.54, 1.807) is 0 Å². The van der Waals surface area contributed by atoms with Gasteiger partial charge in [-0.1, -0.05) is 42.5 Å². The van der Waals surface area contributed by atoms with Gasteiger partial charge in [-0.25, -0.2) is 0 Å². The number of aliphatic hydroxyl groups excluding tert-OH is 1. The number of aromatic nitrogens is 2. The molecule has 0 radical (unpaired) electrons. The molecule has 1 unspecified atom stereocenters. The van der Waals surface area contributed by atoms with Crippen molar-refractivity contribution in [2.75, 3.05) is 39.3 Å². The number of hydrogen-bond acceptors (Lipinski definition) is 4. The van der Waals surface area contributed by atoms with E-state index in [-0.39, 0.29) is 12.5 Å². The first-order valence-corrected chi connectivity index (χ1v) is 13.0. The number of para-hydroxylation sites is 2. The predicted octanol–water partition coefficient (Wildman–Crippen LogP) is 4.32. The Morgan fingerprint density at radius 3 is 2.49 bits per heavy atom. The van der Waals surface area contributed by atoms with E-state index < -0.39 is 6.10 Å². The fraction of sp³-hybridized carbons (Fsp3) is 0.300. The SMILES string of the molecule is O=C(CCc1cc2ccccc2[nH]1)N1CCN(CC(O)COc2cccc3[nH]c4ccccc4c23)CC1. The number of rotatable bonds is 8. The van der Waals surface area contributed by atoms with E-state index in [0.29, 0.717) is 32.5 Å². The number of aliphatic hydroxyl groups is 1. The van der Waals surface area contributed by atoms with Crippen molar-refractivity contribution in [1.29, 1.82) is 0 Å². The molecule has 1 aliphatic rings. The highest BCUT2D eigenvalue weighted by Crippen LogP contribution is 2.33. The van der Waals surface area contributed by atoms with E-state index in [1.165, 1.54) is 5.39 Å². The molecule has 1 aliphatic heterocycles. The maximum Gasteiger partial charge on any atom is 0.223 e. The highest BCUT2D eigenvalue weighted by Gasteiger charge is 2.23. The number of fused-ring (bicyclic) bond motifs is 4. The van der Waals surface area contributed by atoms with Gasteiger partial charge in [0.1, 0.15) is 18.5 Å². The number of nitrogens with zero attached hydrogens (tertiary/aromatic N) is 2. The number of nitrogens with one attached hydrogen (secondary N) is 2. The molecule has 3 N–H and O–H groups in total. The van der Waals surface area contributed by atoms with Crippen LogP contribution in [0.5, 0.6) is 5.75 Å². The van der Waals surface area contributed by atoms with E-state index in [9.17, 15) is 9.90 Å². The number of H-pyrrole nitrogens is 2. The predicted molar refractivity (Wildman–Crippen MR) is 147 cm³/mol. The Balaban J connectivity index is 0.975. The molecule has 37 heavy (non-hydrogen) atoms. The number of ether oxygens (including phenoxy) is 1. The van der Waals surface area contributed by atoms with Crippen molar-refractivity contribution in [3.05, 3.63) is 78.5 Å². The summed E-state index contributed by atoms with van der Waals surface area (Å²) in [7, 11) is 0. The number of aryl methyl sites for hydroxylation is 1. The Labute approximate surface area is 215 Å². The van der Waals surface area contributed by atoms with Crippen LogP contribution in [0, 0.1) is 0 Å². The second kappa shape index (κ2) is 10.3. The Bertz CT molecular complexity index is 1500. The van der Waals surface area contributed by atoms with E-state index in [1.807, 2.05) is 47.4 Å². The van der Waals surface area contributed by atoms with Crippen molar-refractivity contribution in [3.8, 4) is 5.75 Å². The van der Waals surface area contributed by atoms with Crippen LogP contribution < -0.4 is 4.74 Å². The first-order valence-electron chi connectivity index (χ1n) is 13.0. The summed E-state index contributed by atoms with van der Waals surface area (Å²) >= 11 is 0. The fourth-order valence-corrected chi connectivity index (χ4v) is 5.37. The third-order valence-electron chi connectivity index (χ3n) is 7.31. The van der Waals surface area contributed by atoms with Gasteiger partial charge in [-0.15, -0.1) is 0 Å². The number of hydrogen-bond donors (Lipinski definition) is 3.